The summed E-state index contributed by atoms with van der Waals surface area (Å²) in [6.07, 6.45) is 1.18. The fourth-order valence-electron chi connectivity index (χ4n) is 2.16. The zero-order chi connectivity index (χ0) is 16.9. The van der Waals surface area contributed by atoms with Crippen LogP contribution in [0.25, 0.3) is 0 Å². The number of carbonyl (C=O) groups is 1. The van der Waals surface area contributed by atoms with Crippen LogP contribution in [0.1, 0.15) is 39.2 Å². The highest BCUT2D eigenvalue weighted by Gasteiger charge is 2.42. The second-order valence-corrected chi connectivity index (χ2v) is 7.60. The van der Waals surface area contributed by atoms with Crippen LogP contribution >= 0.6 is 23.6 Å². The number of benzene rings is 1. The molecule has 23 heavy (non-hydrogen) atoms. The van der Waals surface area contributed by atoms with Gasteiger partial charge in [0.15, 0.2) is 0 Å². The normalized spacial score (nSPS) is 19.3. The Bertz CT molecular complexity index is 520. The van der Waals surface area contributed by atoms with E-state index in [2.05, 4.69) is 13.8 Å². The van der Waals surface area contributed by atoms with Crippen LogP contribution in [0, 0.1) is 5.41 Å². The van der Waals surface area contributed by atoms with Crippen molar-refractivity contribution in [3.05, 3.63) is 34.9 Å². The number of ether oxygens (including phenoxy) is 2. The van der Waals surface area contributed by atoms with Crippen molar-refractivity contribution in [1.82, 2.24) is 0 Å². The van der Waals surface area contributed by atoms with Crippen molar-refractivity contribution >= 4 is 29.6 Å². The van der Waals surface area contributed by atoms with Crippen molar-refractivity contribution < 1.29 is 18.5 Å². The van der Waals surface area contributed by atoms with Crippen LogP contribution in [0.2, 0.25) is 5.02 Å². The van der Waals surface area contributed by atoms with Crippen LogP contribution in [-0.4, -0.2) is 24.9 Å². The summed E-state index contributed by atoms with van der Waals surface area (Å²) in [6.45, 7) is 7.26. The summed E-state index contributed by atoms with van der Waals surface area (Å²) in [5.41, 5.74) is 0.830. The summed E-state index contributed by atoms with van der Waals surface area (Å²) in [5, 5.41) is 0.655. The molecule has 0 aromatic heterocycles. The molecule has 0 aliphatic carbocycles. The van der Waals surface area contributed by atoms with Crippen molar-refractivity contribution in [2.75, 3.05) is 19.0 Å². The van der Waals surface area contributed by atoms with Gasteiger partial charge in [-0.2, -0.15) is 0 Å². The molecule has 1 aromatic carbocycles. The highest BCUT2D eigenvalue weighted by molar-refractivity contribution is 7.95. The van der Waals surface area contributed by atoms with Crippen LogP contribution in [0.15, 0.2) is 24.3 Å². The molecule has 0 radical (unpaired) electrons. The predicted molar refractivity (Wildman–Crippen MR) is 92.3 cm³/mol. The smallest absolute Gasteiger partial charge is 0.317 e. The third kappa shape index (κ3) is 5.11. The topological polar surface area (TPSA) is 44.8 Å². The fraction of sp³-hybridized carbons (Fsp3) is 0.588. The summed E-state index contributed by atoms with van der Waals surface area (Å²) in [4.78, 5) is 11.5. The monoisotopic (exact) mass is 358 g/mol. The highest BCUT2D eigenvalue weighted by atomic mass is 35.5. The molecule has 0 atom stereocenters. The number of carbonyl (C=O) groups excluding carboxylic acids is 1. The van der Waals surface area contributed by atoms with Gasteiger partial charge in [0.1, 0.15) is 0 Å². The number of halogens is 1. The Morgan fingerprint density at radius 2 is 1.87 bits per heavy atom. The maximum atomic E-state index is 11.5. The van der Waals surface area contributed by atoms with E-state index in [1.807, 2.05) is 19.1 Å². The van der Waals surface area contributed by atoms with Gasteiger partial charge < -0.3 is 13.7 Å². The van der Waals surface area contributed by atoms with Gasteiger partial charge in [-0.1, -0.05) is 44.5 Å². The van der Waals surface area contributed by atoms with E-state index in [1.165, 1.54) is 0 Å². The van der Waals surface area contributed by atoms with E-state index in [9.17, 15) is 4.79 Å². The Labute approximate surface area is 147 Å². The van der Waals surface area contributed by atoms with Gasteiger partial charge in [0, 0.05) is 22.4 Å². The van der Waals surface area contributed by atoms with Crippen LogP contribution in [-0.2, 0) is 24.2 Å². The molecule has 1 heterocycles. The lowest BCUT2D eigenvalue weighted by atomic mass is 9.93. The van der Waals surface area contributed by atoms with Crippen molar-refractivity contribution in [1.29, 1.82) is 0 Å². The Balaban J connectivity index is 2.09. The van der Waals surface area contributed by atoms with E-state index in [0.717, 1.165) is 24.0 Å². The second kappa shape index (κ2) is 7.88. The lowest BCUT2D eigenvalue weighted by Crippen LogP contribution is -2.47. The molecule has 0 amide bonds. The van der Waals surface area contributed by atoms with E-state index >= 15 is 0 Å². The summed E-state index contributed by atoms with van der Waals surface area (Å²) >= 11 is 7.04. The molecule has 4 nitrogen and oxygen atoms in total. The van der Waals surface area contributed by atoms with Gasteiger partial charge >= 0.3 is 5.97 Å². The molecule has 0 spiro atoms. The summed E-state index contributed by atoms with van der Waals surface area (Å²) < 4.78 is 17.3. The fourth-order valence-corrected chi connectivity index (χ4v) is 3.05. The molecule has 0 N–H and O–H groups in total. The maximum absolute atomic E-state index is 11.5. The molecular formula is C17H23ClO4S. The van der Waals surface area contributed by atoms with Crippen molar-refractivity contribution in [2.24, 2.45) is 5.41 Å². The van der Waals surface area contributed by atoms with Crippen molar-refractivity contribution in [3.8, 4) is 0 Å². The zero-order valence-corrected chi connectivity index (χ0v) is 15.3. The van der Waals surface area contributed by atoms with Gasteiger partial charge in [0.05, 0.1) is 31.0 Å². The van der Waals surface area contributed by atoms with E-state index in [0.29, 0.717) is 30.4 Å². The second-order valence-electron chi connectivity index (χ2n) is 6.47. The van der Waals surface area contributed by atoms with Gasteiger partial charge in [0.2, 0.25) is 5.79 Å². The first kappa shape index (κ1) is 18.6. The number of rotatable bonds is 6. The first-order valence-corrected chi connectivity index (χ1v) is 9.02. The van der Waals surface area contributed by atoms with Crippen LogP contribution in [0.4, 0.5) is 0 Å². The van der Waals surface area contributed by atoms with E-state index in [1.54, 1.807) is 12.1 Å². The molecule has 128 valence electrons. The molecular weight excluding hydrogens is 336 g/mol. The van der Waals surface area contributed by atoms with Gasteiger partial charge in [0.25, 0.3) is 0 Å². The number of hydrogen-bond acceptors (Lipinski definition) is 5. The highest BCUT2D eigenvalue weighted by Crippen LogP contribution is 2.39. The lowest BCUT2D eigenvalue weighted by molar-refractivity contribution is -0.295. The van der Waals surface area contributed by atoms with Gasteiger partial charge in [-0.15, -0.1) is 0 Å². The SMILES string of the molecule is CCCC(=O)OSCC1(c2ccc(Cl)cc2)OCC(C)(C)CO1. The van der Waals surface area contributed by atoms with Gasteiger partial charge in [-0.05, 0) is 18.6 Å². The largest absolute Gasteiger partial charge is 0.391 e. The van der Waals surface area contributed by atoms with Crippen LogP contribution < -0.4 is 0 Å². The van der Waals surface area contributed by atoms with Crippen molar-refractivity contribution in [2.45, 2.75) is 39.4 Å². The quantitative estimate of drug-likeness (QED) is 0.697. The number of hydrogen-bond donors (Lipinski definition) is 0. The standard InChI is InChI=1S/C17H23ClO4S/c1-4-5-15(19)22-23-12-17(13-6-8-14(18)9-7-13)20-10-16(2,3)11-21-17/h6-9H,4-5,10-12H2,1-3H3. The Kier molecular flexibility index (Phi) is 6.37. The molecule has 6 heteroatoms. The Morgan fingerprint density at radius 3 is 2.43 bits per heavy atom. The Hall–Kier alpha value is -0.750. The molecule has 1 fully saturated rings. The molecule has 0 saturated carbocycles. The summed E-state index contributed by atoms with van der Waals surface area (Å²) in [7, 11) is 0. The maximum Gasteiger partial charge on any atom is 0.317 e. The van der Waals surface area contributed by atoms with E-state index in [4.69, 9.17) is 25.3 Å². The molecule has 0 unspecified atom stereocenters. The zero-order valence-electron chi connectivity index (χ0n) is 13.8. The predicted octanol–water partition coefficient (Wildman–Crippen LogP) is 4.56. The molecule has 0 bridgehead atoms. The first-order chi connectivity index (χ1) is 10.9. The molecule has 1 aliphatic rings. The summed E-state index contributed by atoms with van der Waals surface area (Å²) in [5.74, 6) is -0.767. The third-order valence-corrected chi connectivity index (χ3v) is 4.58. The average Bonchev–Trinajstić information content (AvgIpc) is 2.50. The average molecular weight is 359 g/mol. The lowest BCUT2D eigenvalue weighted by Gasteiger charge is -2.43. The van der Waals surface area contributed by atoms with E-state index < -0.39 is 5.79 Å². The molecule has 2 rings (SSSR count). The van der Waals surface area contributed by atoms with Crippen molar-refractivity contribution in [3.63, 3.8) is 0 Å². The first-order valence-electron chi connectivity index (χ1n) is 7.73. The van der Waals surface area contributed by atoms with Crippen LogP contribution in [0.5, 0.6) is 0 Å². The van der Waals surface area contributed by atoms with Gasteiger partial charge in [-0.3, -0.25) is 4.79 Å². The molecule has 1 aromatic rings. The van der Waals surface area contributed by atoms with E-state index in [-0.39, 0.29) is 11.4 Å². The minimum absolute atomic E-state index is 0.0422. The minimum atomic E-state index is -0.919. The summed E-state index contributed by atoms with van der Waals surface area (Å²) in [6, 6.07) is 7.38. The van der Waals surface area contributed by atoms with Gasteiger partial charge in [-0.25, -0.2) is 0 Å². The third-order valence-electron chi connectivity index (χ3n) is 3.53. The molecule has 1 aliphatic heterocycles. The Morgan fingerprint density at radius 1 is 1.26 bits per heavy atom. The van der Waals surface area contributed by atoms with Crippen LogP contribution in [0.3, 0.4) is 0 Å². The minimum Gasteiger partial charge on any atom is -0.391 e. The molecule has 1 saturated heterocycles.